The molecule has 1 aromatic carbocycles. The van der Waals surface area contributed by atoms with Gasteiger partial charge in [-0.3, -0.25) is 4.90 Å². The van der Waals surface area contributed by atoms with E-state index < -0.39 is 0 Å². The average Bonchev–Trinajstić information content (AvgIpc) is 2.65. The van der Waals surface area contributed by atoms with Crippen molar-refractivity contribution in [3.63, 3.8) is 0 Å². The Labute approximate surface area is 152 Å². The molecule has 25 heavy (non-hydrogen) atoms. The Bertz CT molecular complexity index is 550. The van der Waals surface area contributed by atoms with E-state index in [0.29, 0.717) is 6.54 Å². The van der Waals surface area contributed by atoms with E-state index in [4.69, 9.17) is 9.73 Å². The number of benzene rings is 1. The van der Waals surface area contributed by atoms with Gasteiger partial charge in [-0.25, -0.2) is 4.99 Å². The summed E-state index contributed by atoms with van der Waals surface area (Å²) in [6, 6.07) is 8.04. The number of guanidine groups is 1. The van der Waals surface area contributed by atoms with Gasteiger partial charge in [0.1, 0.15) is 5.75 Å². The number of hydrogen-bond acceptors (Lipinski definition) is 3. The summed E-state index contributed by atoms with van der Waals surface area (Å²) >= 11 is 0. The Kier molecular flexibility index (Phi) is 7.56. The second kappa shape index (κ2) is 9.66. The first-order valence-electron chi connectivity index (χ1n) is 9.46. The molecule has 5 heteroatoms. The highest BCUT2D eigenvalue weighted by Crippen LogP contribution is 2.20. The fraction of sp³-hybridized carbons (Fsp3) is 0.650. The van der Waals surface area contributed by atoms with Crippen molar-refractivity contribution in [1.29, 1.82) is 0 Å². The number of para-hydroxylation sites is 1. The molecule has 0 spiro atoms. The van der Waals surface area contributed by atoms with Gasteiger partial charge in [0.25, 0.3) is 0 Å². The predicted octanol–water partition coefficient (Wildman–Crippen LogP) is 3.01. The molecule has 0 bridgehead atoms. The van der Waals surface area contributed by atoms with Crippen molar-refractivity contribution in [3.05, 3.63) is 29.8 Å². The normalized spacial score (nSPS) is 16.6. The highest BCUT2D eigenvalue weighted by Gasteiger charge is 2.27. The third-order valence-electron chi connectivity index (χ3n) is 4.84. The molecule has 0 radical (unpaired) electrons. The number of nitrogens with zero attached hydrogens (tertiary/aromatic N) is 2. The number of piperidine rings is 1. The van der Waals surface area contributed by atoms with Gasteiger partial charge in [0.15, 0.2) is 5.96 Å². The van der Waals surface area contributed by atoms with Gasteiger partial charge in [0, 0.05) is 24.2 Å². The van der Waals surface area contributed by atoms with Crippen molar-refractivity contribution in [2.24, 2.45) is 4.99 Å². The van der Waals surface area contributed by atoms with Crippen LogP contribution in [-0.2, 0) is 6.54 Å². The number of methoxy groups -OCH3 is 1. The largest absolute Gasteiger partial charge is 0.496 e. The Balaban J connectivity index is 1.97. The molecule has 1 aromatic rings. The van der Waals surface area contributed by atoms with Crippen LogP contribution in [0.1, 0.15) is 45.6 Å². The molecule has 5 nitrogen and oxygen atoms in total. The number of nitrogens with one attached hydrogen (secondary N) is 2. The van der Waals surface area contributed by atoms with E-state index >= 15 is 0 Å². The lowest BCUT2D eigenvalue weighted by atomic mass is 9.98. The number of aliphatic imine (C=N–C) groups is 1. The van der Waals surface area contributed by atoms with Gasteiger partial charge < -0.3 is 15.4 Å². The predicted molar refractivity (Wildman–Crippen MR) is 105 cm³/mol. The number of rotatable bonds is 7. The Morgan fingerprint density at radius 1 is 1.16 bits per heavy atom. The van der Waals surface area contributed by atoms with Gasteiger partial charge in [-0.1, -0.05) is 24.6 Å². The van der Waals surface area contributed by atoms with Crippen LogP contribution < -0.4 is 15.4 Å². The maximum Gasteiger partial charge on any atom is 0.191 e. The summed E-state index contributed by atoms with van der Waals surface area (Å²) in [5.74, 6) is 1.74. The topological polar surface area (TPSA) is 48.9 Å². The molecule has 0 aliphatic carbocycles. The zero-order chi connectivity index (χ0) is 18.1. The smallest absolute Gasteiger partial charge is 0.191 e. The van der Waals surface area contributed by atoms with E-state index in [1.807, 2.05) is 18.2 Å². The zero-order valence-electron chi connectivity index (χ0n) is 16.3. The maximum atomic E-state index is 5.41. The minimum atomic E-state index is 0.126. The number of ether oxygens (including phenoxy) is 1. The average molecular weight is 347 g/mol. The van der Waals surface area contributed by atoms with Crippen molar-refractivity contribution < 1.29 is 4.74 Å². The molecule has 2 N–H and O–H groups in total. The van der Waals surface area contributed by atoms with Crippen LogP contribution in [0.2, 0.25) is 0 Å². The molecule has 0 atom stereocenters. The van der Waals surface area contributed by atoms with Crippen LogP contribution in [-0.4, -0.2) is 49.7 Å². The molecule has 1 saturated heterocycles. The molecule has 1 fully saturated rings. The standard InChI is InChI=1S/C20H34N4O/c1-5-21-19(22-15-17-11-7-8-12-18(17)25-4)23-16-20(2,3)24-13-9-6-10-14-24/h7-8,11-12H,5-6,9-10,13-16H2,1-4H3,(H2,21,22,23). The molecule has 140 valence electrons. The first-order chi connectivity index (χ1) is 12.1. The van der Waals surface area contributed by atoms with Crippen LogP contribution >= 0.6 is 0 Å². The lowest BCUT2D eigenvalue weighted by Gasteiger charge is -2.41. The fourth-order valence-electron chi connectivity index (χ4n) is 3.25. The van der Waals surface area contributed by atoms with Crippen molar-refractivity contribution in [3.8, 4) is 5.75 Å². The monoisotopic (exact) mass is 346 g/mol. The van der Waals surface area contributed by atoms with E-state index in [1.54, 1.807) is 7.11 Å². The van der Waals surface area contributed by atoms with Crippen LogP contribution in [0.5, 0.6) is 5.75 Å². The molecule has 2 rings (SSSR count). The Morgan fingerprint density at radius 3 is 2.56 bits per heavy atom. The first-order valence-corrected chi connectivity index (χ1v) is 9.46. The zero-order valence-corrected chi connectivity index (χ0v) is 16.3. The van der Waals surface area contributed by atoms with Gasteiger partial charge in [-0.05, 0) is 52.8 Å². The van der Waals surface area contributed by atoms with E-state index in [1.165, 1.54) is 32.4 Å². The van der Waals surface area contributed by atoms with Crippen LogP contribution in [0.3, 0.4) is 0 Å². The quantitative estimate of drug-likeness (QED) is 0.589. The van der Waals surface area contributed by atoms with Crippen molar-refractivity contribution >= 4 is 5.96 Å². The molecule has 0 aromatic heterocycles. The molecular formula is C20H34N4O. The maximum absolute atomic E-state index is 5.41. The Hall–Kier alpha value is -1.75. The summed E-state index contributed by atoms with van der Waals surface area (Å²) in [5.41, 5.74) is 1.22. The SMILES string of the molecule is CCNC(=NCc1ccccc1OC)NCC(C)(C)N1CCCCC1. The van der Waals surface area contributed by atoms with Gasteiger partial charge in [-0.2, -0.15) is 0 Å². The summed E-state index contributed by atoms with van der Waals surface area (Å²) in [4.78, 5) is 7.33. The third kappa shape index (κ3) is 5.92. The van der Waals surface area contributed by atoms with Gasteiger partial charge >= 0.3 is 0 Å². The molecule has 0 amide bonds. The van der Waals surface area contributed by atoms with Crippen molar-refractivity contribution in [1.82, 2.24) is 15.5 Å². The van der Waals surface area contributed by atoms with E-state index in [2.05, 4.69) is 42.4 Å². The summed E-state index contributed by atoms with van der Waals surface area (Å²) in [6.45, 7) is 11.4. The van der Waals surface area contributed by atoms with E-state index in [0.717, 1.165) is 30.4 Å². The molecule has 0 unspecified atom stereocenters. The lowest BCUT2D eigenvalue weighted by molar-refractivity contribution is 0.0982. The third-order valence-corrected chi connectivity index (χ3v) is 4.84. The summed E-state index contributed by atoms with van der Waals surface area (Å²) in [6.07, 6.45) is 3.99. The summed E-state index contributed by atoms with van der Waals surface area (Å²) in [7, 11) is 1.70. The van der Waals surface area contributed by atoms with Crippen LogP contribution in [0.25, 0.3) is 0 Å². The summed E-state index contributed by atoms with van der Waals surface area (Å²) in [5, 5.41) is 6.87. The highest BCUT2D eigenvalue weighted by atomic mass is 16.5. The Morgan fingerprint density at radius 2 is 1.88 bits per heavy atom. The summed E-state index contributed by atoms with van der Waals surface area (Å²) < 4.78 is 5.41. The van der Waals surface area contributed by atoms with E-state index in [-0.39, 0.29) is 5.54 Å². The van der Waals surface area contributed by atoms with Gasteiger partial charge in [0.05, 0.1) is 13.7 Å². The molecule has 1 aliphatic heterocycles. The lowest BCUT2D eigenvalue weighted by Crippen LogP contribution is -2.54. The number of hydrogen-bond donors (Lipinski definition) is 2. The van der Waals surface area contributed by atoms with Gasteiger partial charge in [0.2, 0.25) is 0 Å². The molecular weight excluding hydrogens is 312 g/mol. The number of likely N-dealkylation sites (tertiary alicyclic amines) is 1. The fourth-order valence-corrected chi connectivity index (χ4v) is 3.25. The van der Waals surface area contributed by atoms with Crippen molar-refractivity contribution in [2.75, 3.05) is 33.3 Å². The first kappa shape index (κ1) is 19.6. The minimum absolute atomic E-state index is 0.126. The van der Waals surface area contributed by atoms with Crippen LogP contribution in [0.15, 0.2) is 29.3 Å². The second-order valence-corrected chi connectivity index (χ2v) is 7.22. The minimum Gasteiger partial charge on any atom is -0.496 e. The molecule has 0 saturated carbocycles. The van der Waals surface area contributed by atoms with Crippen molar-refractivity contribution in [2.45, 2.75) is 52.1 Å². The highest BCUT2D eigenvalue weighted by molar-refractivity contribution is 5.79. The molecule has 1 heterocycles. The molecule has 1 aliphatic rings. The van der Waals surface area contributed by atoms with Crippen LogP contribution in [0.4, 0.5) is 0 Å². The van der Waals surface area contributed by atoms with Crippen LogP contribution in [0, 0.1) is 0 Å². The van der Waals surface area contributed by atoms with Gasteiger partial charge in [-0.15, -0.1) is 0 Å². The second-order valence-electron chi connectivity index (χ2n) is 7.22. The van der Waals surface area contributed by atoms with E-state index in [9.17, 15) is 0 Å².